The van der Waals surface area contributed by atoms with Gasteiger partial charge in [0.2, 0.25) is 0 Å². The molecule has 0 saturated heterocycles. The maximum atomic E-state index is 13.6. The molecule has 4 nitrogen and oxygen atoms in total. The molecule has 0 fully saturated rings. The minimum Gasteiger partial charge on any atom is -0.322 e. The molecule has 0 bridgehead atoms. The van der Waals surface area contributed by atoms with Gasteiger partial charge in [-0.2, -0.15) is 0 Å². The molecule has 1 aromatic heterocycles. The van der Waals surface area contributed by atoms with E-state index >= 15 is 0 Å². The Labute approximate surface area is 175 Å². The van der Waals surface area contributed by atoms with Crippen LogP contribution in [-0.2, 0) is 6.54 Å². The Kier molecular flexibility index (Phi) is 5.23. The highest BCUT2D eigenvalue weighted by molar-refractivity contribution is 6.07. The van der Waals surface area contributed by atoms with E-state index in [1.165, 1.54) is 0 Å². The van der Waals surface area contributed by atoms with Gasteiger partial charge >= 0.3 is 0 Å². The number of carbonyl (C=O) groups excluding carboxylic acids is 1. The number of anilines is 1. The van der Waals surface area contributed by atoms with Crippen molar-refractivity contribution in [2.75, 3.05) is 4.90 Å². The van der Waals surface area contributed by atoms with E-state index in [0.29, 0.717) is 11.1 Å². The summed E-state index contributed by atoms with van der Waals surface area (Å²) in [4.78, 5) is 31.1. The maximum Gasteiger partial charge on any atom is 0.258 e. The van der Waals surface area contributed by atoms with E-state index in [4.69, 9.17) is 0 Å². The first kappa shape index (κ1) is 19.6. The van der Waals surface area contributed by atoms with Crippen LogP contribution in [0.15, 0.2) is 77.6 Å². The number of amides is 1. The molecule has 0 unspecified atom stereocenters. The van der Waals surface area contributed by atoms with Crippen molar-refractivity contribution in [1.82, 2.24) is 4.98 Å². The summed E-state index contributed by atoms with van der Waals surface area (Å²) in [5.74, 6) is -0.116. The monoisotopic (exact) mass is 396 g/mol. The third-order valence-electron chi connectivity index (χ3n) is 5.43. The number of aryl methyl sites for hydroxylation is 3. The first-order valence-corrected chi connectivity index (χ1v) is 10.00. The van der Waals surface area contributed by atoms with E-state index in [0.717, 1.165) is 33.3 Å². The topological polar surface area (TPSA) is 53.2 Å². The summed E-state index contributed by atoms with van der Waals surface area (Å²) in [6.07, 6.45) is 0. The van der Waals surface area contributed by atoms with Crippen molar-refractivity contribution in [3.63, 3.8) is 0 Å². The van der Waals surface area contributed by atoms with Crippen molar-refractivity contribution in [2.45, 2.75) is 27.3 Å². The van der Waals surface area contributed by atoms with E-state index < -0.39 is 0 Å². The summed E-state index contributed by atoms with van der Waals surface area (Å²) in [7, 11) is 0. The fraction of sp³-hybridized carbons (Fsp3) is 0.154. The predicted molar refractivity (Wildman–Crippen MR) is 122 cm³/mol. The van der Waals surface area contributed by atoms with Crippen molar-refractivity contribution >= 4 is 22.5 Å². The van der Waals surface area contributed by atoms with Crippen LogP contribution in [0.5, 0.6) is 0 Å². The lowest BCUT2D eigenvalue weighted by molar-refractivity contribution is 0.0984. The molecule has 150 valence electrons. The Balaban J connectivity index is 1.85. The van der Waals surface area contributed by atoms with Gasteiger partial charge in [-0.05, 0) is 67.1 Å². The fourth-order valence-corrected chi connectivity index (χ4v) is 3.72. The summed E-state index contributed by atoms with van der Waals surface area (Å²) in [6.45, 7) is 6.11. The van der Waals surface area contributed by atoms with Gasteiger partial charge in [-0.15, -0.1) is 0 Å². The van der Waals surface area contributed by atoms with Gasteiger partial charge in [-0.25, -0.2) is 0 Å². The van der Waals surface area contributed by atoms with Gasteiger partial charge in [0.1, 0.15) is 0 Å². The van der Waals surface area contributed by atoms with Crippen LogP contribution in [0.2, 0.25) is 0 Å². The van der Waals surface area contributed by atoms with Gasteiger partial charge in [-0.1, -0.05) is 48.5 Å². The Hall–Kier alpha value is -3.66. The molecular weight excluding hydrogens is 372 g/mol. The number of benzene rings is 3. The Bertz CT molecular complexity index is 1300. The maximum absolute atomic E-state index is 13.6. The molecule has 4 rings (SSSR count). The Morgan fingerprint density at radius 2 is 1.60 bits per heavy atom. The van der Waals surface area contributed by atoms with Gasteiger partial charge in [0.05, 0.1) is 6.54 Å². The zero-order valence-electron chi connectivity index (χ0n) is 17.4. The Morgan fingerprint density at radius 3 is 2.40 bits per heavy atom. The van der Waals surface area contributed by atoms with Gasteiger partial charge in [0.15, 0.2) is 0 Å². The number of rotatable bonds is 4. The zero-order chi connectivity index (χ0) is 21.3. The van der Waals surface area contributed by atoms with Gasteiger partial charge < -0.3 is 9.88 Å². The number of nitrogens with zero attached hydrogens (tertiary/aromatic N) is 1. The molecule has 30 heavy (non-hydrogen) atoms. The standard InChI is InChI=1S/C26H24N2O2/c1-17-12-13-19(3)24(14-17)28(26(30)22-10-6-4-8-18(22)2)16-21-15-20-9-5-7-11-23(20)27-25(21)29/h4-15H,16H2,1-3H3,(H,27,29). The molecule has 1 amide bonds. The summed E-state index contributed by atoms with van der Waals surface area (Å²) < 4.78 is 0. The number of aromatic amines is 1. The zero-order valence-corrected chi connectivity index (χ0v) is 17.4. The molecule has 0 saturated carbocycles. The fourth-order valence-electron chi connectivity index (χ4n) is 3.72. The first-order valence-electron chi connectivity index (χ1n) is 10.00. The average molecular weight is 396 g/mol. The molecule has 0 aliphatic heterocycles. The van der Waals surface area contributed by atoms with Crippen LogP contribution >= 0.6 is 0 Å². The minimum absolute atomic E-state index is 0.116. The van der Waals surface area contributed by atoms with E-state index in [1.807, 2.05) is 93.6 Å². The second-order valence-electron chi connectivity index (χ2n) is 7.71. The van der Waals surface area contributed by atoms with Crippen LogP contribution in [-0.4, -0.2) is 10.9 Å². The predicted octanol–water partition coefficient (Wildman–Crippen LogP) is 5.30. The summed E-state index contributed by atoms with van der Waals surface area (Å²) in [5, 5.41) is 0.941. The summed E-state index contributed by atoms with van der Waals surface area (Å²) in [5.41, 5.74) is 5.56. The largest absolute Gasteiger partial charge is 0.322 e. The molecule has 1 N–H and O–H groups in total. The molecule has 1 heterocycles. The van der Waals surface area contributed by atoms with Crippen molar-refractivity contribution in [2.24, 2.45) is 0 Å². The second kappa shape index (κ2) is 7.99. The number of nitrogens with one attached hydrogen (secondary N) is 1. The van der Waals surface area contributed by atoms with Gasteiger partial charge in [-0.3, -0.25) is 9.59 Å². The quantitative estimate of drug-likeness (QED) is 0.509. The number of fused-ring (bicyclic) bond motifs is 1. The van der Waals surface area contributed by atoms with Crippen LogP contribution in [0.3, 0.4) is 0 Å². The number of pyridine rings is 1. The second-order valence-corrected chi connectivity index (χ2v) is 7.71. The molecule has 3 aromatic carbocycles. The highest BCUT2D eigenvalue weighted by Gasteiger charge is 2.22. The number of H-pyrrole nitrogens is 1. The number of hydrogen-bond acceptors (Lipinski definition) is 2. The molecule has 0 spiro atoms. The SMILES string of the molecule is Cc1ccc(C)c(N(Cc2cc3ccccc3[nH]c2=O)C(=O)c2ccccc2C)c1. The molecule has 4 heteroatoms. The molecular formula is C26H24N2O2. The highest BCUT2D eigenvalue weighted by atomic mass is 16.2. The van der Waals surface area contributed by atoms with Crippen LogP contribution in [0.1, 0.15) is 32.6 Å². The lowest BCUT2D eigenvalue weighted by atomic mass is 10.0. The number of aromatic nitrogens is 1. The highest BCUT2D eigenvalue weighted by Crippen LogP contribution is 2.26. The summed E-state index contributed by atoms with van der Waals surface area (Å²) >= 11 is 0. The average Bonchev–Trinajstić information content (AvgIpc) is 2.74. The van der Waals surface area contributed by atoms with Crippen LogP contribution in [0, 0.1) is 20.8 Å². The molecule has 4 aromatic rings. The van der Waals surface area contributed by atoms with E-state index in [9.17, 15) is 9.59 Å². The van der Waals surface area contributed by atoms with Crippen LogP contribution < -0.4 is 10.5 Å². The smallest absolute Gasteiger partial charge is 0.258 e. The number of para-hydroxylation sites is 1. The van der Waals surface area contributed by atoms with Crippen molar-refractivity contribution in [3.05, 3.63) is 111 Å². The lowest BCUT2D eigenvalue weighted by Crippen LogP contribution is -2.34. The molecule has 0 atom stereocenters. The van der Waals surface area contributed by atoms with Crippen LogP contribution in [0.25, 0.3) is 10.9 Å². The minimum atomic E-state index is -0.179. The normalized spacial score (nSPS) is 10.9. The van der Waals surface area contributed by atoms with Crippen molar-refractivity contribution in [3.8, 4) is 0 Å². The number of carbonyl (C=O) groups is 1. The van der Waals surface area contributed by atoms with Gasteiger partial charge in [0, 0.05) is 22.3 Å². The van der Waals surface area contributed by atoms with E-state index in [2.05, 4.69) is 4.98 Å². The number of hydrogen-bond donors (Lipinski definition) is 1. The summed E-state index contributed by atoms with van der Waals surface area (Å²) in [6, 6.07) is 23.1. The van der Waals surface area contributed by atoms with E-state index in [1.54, 1.807) is 4.90 Å². The van der Waals surface area contributed by atoms with Crippen molar-refractivity contribution in [1.29, 1.82) is 0 Å². The van der Waals surface area contributed by atoms with Crippen LogP contribution in [0.4, 0.5) is 5.69 Å². The Morgan fingerprint density at radius 1 is 0.867 bits per heavy atom. The third kappa shape index (κ3) is 3.77. The van der Waals surface area contributed by atoms with Crippen molar-refractivity contribution < 1.29 is 4.79 Å². The third-order valence-corrected chi connectivity index (χ3v) is 5.43. The van der Waals surface area contributed by atoms with E-state index in [-0.39, 0.29) is 18.0 Å². The lowest BCUT2D eigenvalue weighted by Gasteiger charge is -2.26. The first-order chi connectivity index (χ1) is 14.4. The van der Waals surface area contributed by atoms with Gasteiger partial charge in [0.25, 0.3) is 11.5 Å². The molecule has 0 radical (unpaired) electrons. The molecule has 0 aliphatic carbocycles. The molecule has 0 aliphatic rings.